The van der Waals surface area contributed by atoms with Crippen LogP contribution in [0, 0.1) is 5.82 Å². The molecule has 0 aliphatic carbocycles. The lowest BCUT2D eigenvalue weighted by atomic mass is 10.0. The monoisotopic (exact) mass is 475 g/mol. The van der Waals surface area contributed by atoms with E-state index in [1.165, 1.54) is 6.07 Å². The number of benzene rings is 2. The van der Waals surface area contributed by atoms with Crippen LogP contribution in [0.15, 0.2) is 73.1 Å². The molecular weight excluding hydrogens is 445 g/mol. The van der Waals surface area contributed by atoms with Gasteiger partial charge in [-0.15, -0.1) is 0 Å². The van der Waals surface area contributed by atoms with Crippen molar-refractivity contribution in [2.45, 2.75) is 19.4 Å². The van der Waals surface area contributed by atoms with Gasteiger partial charge in [-0.1, -0.05) is 30.3 Å². The summed E-state index contributed by atoms with van der Waals surface area (Å²) >= 11 is 0. The third-order valence-corrected chi connectivity index (χ3v) is 6.08. The van der Waals surface area contributed by atoms with E-state index in [0.717, 1.165) is 11.1 Å². The number of halogens is 1. The average molecular weight is 476 g/mol. The highest BCUT2D eigenvalue weighted by atomic mass is 19.1. The van der Waals surface area contributed by atoms with Crippen molar-refractivity contribution in [3.05, 3.63) is 90.0 Å². The number of likely N-dealkylation sites (N-methyl/N-ethyl adjacent to an activating group) is 1. The maximum Gasteiger partial charge on any atom is 0.241 e. The predicted octanol–water partition coefficient (Wildman–Crippen LogP) is 3.40. The van der Waals surface area contributed by atoms with Crippen LogP contribution in [0.2, 0.25) is 0 Å². The van der Waals surface area contributed by atoms with Gasteiger partial charge in [-0.2, -0.15) is 0 Å². The third kappa shape index (κ3) is 6.22. The third-order valence-electron chi connectivity index (χ3n) is 6.08. The first kappa shape index (κ1) is 24.3. The van der Waals surface area contributed by atoms with E-state index >= 15 is 0 Å². The van der Waals surface area contributed by atoms with Gasteiger partial charge >= 0.3 is 0 Å². The maximum absolute atomic E-state index is 15.0. The van der Waals surface area contributed by atoms with E-state index in [1.807, 2.05) is 42.2 Å². The highest BCUT2D eigenvalue weighted by molar-refractivity contribution is 5.92. The smallest absolute Gasteiger partial charge is 0.241 e. The molecule has 1 aromatic heterocycles. The molecule has 3 aromatic rings. The molecule has 1 aliphatic heterocycles. The summed E-state index contributed by atoms with van der Waals surface area (Å²) in [6.07, 6.45) is 3.46. The molecule has 2 aromatic carbocycles. The Hall–Kier alpha value is -3.78. The lowest BCUT2D eigenvalue weighted by Crippen LogP contribution is -2.51. The van der Waals surface area contributed by atoms with Gasteiger partial charge in [0.05, 0.1) is 12.1 Å². The van der Waals surface area contributed by atoms with Crippen LogP contribution in [-0.4, -0.2) is 54.4 Å². The van der Waals surface area contributed by atoms with Crippen LogP contribution in [0.5, 0.6) is 0 Å². The number of nitrogens with one attached hydrogen (secondary N) is 2. The van der Waals surface area contributed by atoms with Crippen molar-refractivity contribution in [2.75, 3.05) is 42.9 Å². The summed E-state index contributed by atoms with van der Waals surface area (Å²) in [5.74, 6) is -0.622. The number of carbonyl (C=O) groups excluding carboxylic acids is 2. The predicted molar refractivity (Wildman–Crippen MR) is 135 cm³/mol. The van der Waals surface area contributed by atoms with Crippen molar-refractivity contribution in [3.63, 3.8) is 0 Å². The van der Waals surface area contributed by atoms with Gasteiger partial charge in [-0.05, 0) is 48.4 Å². The van der Waals surface area contributed by atoms with Crippen molar-refractivity contribution in [2.24, 2.45) is 0 Å². The molecular formula is C27H30FN5O2. The molecule has 7 nitrogen and oxygen atoms in total. The molecule has 1 unspecified atom stereocenters. The highest BCUT2D eigenvalue weighted by Gasteiger charge is 2.30. The summed E-state index contributed by atoms with van der Waals surface area (Å²) in [6, 6.07) is 17.7. The number of nitrogens with zero attached hydrogens (tertiary/aromatic N) is 3. The van der Waals surface area contributed by atoms with Crippen LogP contribution >= 0.6 is 0 Å². The summed E-state index contributed by atoms with van der Waals surface area (Å²) in [6.45, 7) is 4.91. The Morgan fingerprint density at radius 2 is 1.71 bits per heavy atom. The van der Waals surface area contributed by atoms with Crippen LogP contribution < -0.4 is 15.5 Å². The maximum atomic E-state index is 15.0. The molecule has 35 heavy (non-hydrogen) atoms. The topological polar surface area (TPSA) is 77.6 Å². The Morgan fingerprint density at radius 1 is 1.00 bits per heavy atom. The highest BCUT2D eigenvalue weighted by Crippen LogP contribution is 2.27. The fourth-order valence-electron chi connectivity index (χ4n) is 4.39. The Labute approximate surface area is 205 Å². The number of rotatable bonds is 8. The van der Waals surface area contributed by atoms with Gasteiger partial charge in [0.2, 0.25) is 11.8 Å². The number of carbonyl (C=O) groups is 2. The van der Waals surface area contributed by atoms with Crippen LogP contribution in [-0.2, 0) is 16.0 Å². The molecule has 182 valence electrons. The van der Waals surface area contributed by atoms with Gasteiger partial charge in [0.1, 0.15) is 11.9 Å². The summed E-state index contributed by atoms with van der Waals surface area (Å²) in [5, 5.41) is 5.69. The van der Waals surface area contributed by atoms with Crippen LogP contribution in [0.25, 0.3) is 0 Å². The normalized spacial score (nSPS) is 14.9. The Kier molecular flexibility index (Phi) is 8.05. The number of aromatic nitrogens is 1. The first-order valence-electron chi connectivity index (χ1n) is 11.8. The number of hydrogen-bond donors (Lipinski definition) is 2. The quantitative estimate of drug-likeness (QED) is 0.522. The first-order chi connectivity index (χ1) is 17.0. The molecule has 1 atom stereocenters. The van der Waals surface area contributed by atoms with Gasteiger partial charge in [-0.25, -0.2) is 4.39 Å². The standard InChI is InChI=1S/C27H30FN5O2/c1-2-30-27(35)26(21-6-4-3-5-7-21)33-16-14-32(15-17-33)24-9-8-22(19-23(24)28)31-25(34)18-20-10-12-29-13-11-20/h3-13,19,26H,2,14-18H2,1H3,(H,30,35)(H,31,34). The molecule has 0 saturated carbocycles. The second kappa shape index (κ2) is 11.6. The van der Waals surface area contributed by atoms with Gasteiger partial charge in [0, 0.05) is 50.8 Å². The molecule has 1 aliphatic rings. The van der Waals surface area contributed by atoms with E-state index in [4.69, 9.17) is 0 Å². The minimum absolute atomic E-state index is 0.0230. The molecule has 1 saturated heterocycles. The van der Waals surface area contributed by atoms with E-state index in [9.17, 15) is 14.0 Å². The lowest BCUT2D eigenvalue weighted by Gasteiger charge is -2.39. The average Bonchev–Trinajstić information content (AvgIpc) is 2.86. The fraction of sp³-hybridized carbons (Fsp3) is 0.296. The second-order valence-corrected chi connectivity index (χ2v) is 8.48. The van der Waals surface area contributed by atoms with Crippen LogP contribution in [0.4, 0.5) is 15.8 Å². The summed E-state index contributed by atoms with van der Waals surface area (Å²) in [7, 11) is 0. The summed E-state index contributed by atoms with van der Waals surface area (Å²) in [5.41, 5.74) is 2.70. The molecule has 0 spiro atoms. The van der Waals surface area contributed by atoms with Gasteiger partial charge < -0.3 is 15.5 Å². The molecule has 8 heteroatoms. The van der Waals surface area contributed by atoms with E-state index in [2.05, 4.69) is 20.5 Å². The number of amides is 2. The van der Waals surface area contributed by atoms with Crippen molar-refractivity contribution < 1.29 is 14.0 Å². The van der Waals surface area contributed by atoms with E-state index in [0.29, 0.717) is 44.1 Å². The van der Waals surface area contributed by atoms with E-state index in [1.54, 1.807) is 36.7 Å². The number of piperazine rings is 1. The van der Waals surface area contributed by atoms with Gasteiger partial charge in [0.25, 0.3) is 0 Å². The number of pyridine rings is 1. The number of anilines is 2. The molecule has 4 rings (SSSR count). The first-order valence-corrected chi connectivity index (χ1v) is 11.8. The molecule has 0 bridgehead atoms. The Morgan fingerprint density at radius 3 is 2.37 bits per heavy atom. The van der Waals surface area contributed by atoms with Crippen LogP contribution in [0.3, 0.4) is 0 Å². The second-order valence-electron chi connectivity index (χ2n) is 8.48. The molecule has 0 radical (unpaired) electrons. The van der Waals surface area contributed by atoms with E-state index < -0.39 is 0 Å². The van der Waals surface area contributed by atoms with Crippen LogP contribution in [0.1, 0.15) is 24.1 Å². The summed E-state index contributed by atoms with van der Waals surface area (Å²) < 4.78 is 15.0. The Bertz CT molecular complexity index is 1130. The Balaban J connectivity index is 1.38. The van der Waals surface area contributed by atoms with Gasteiger partial charge in [0.15, 0.2) is 0 Å². The number of hydrogen-bond acceptors (Lipinski definition) is 5. The molecule has 1 fully saturated rings. The van der Waals surface area contributed by atoms with Crippen molar-refractivity contribution in [1.29, 1.82) is 0 Å². The van der Waals surface area contributed by atoms with Crippen molar-refractivity contribution in [1.82, 2.24) is 15.2 Å². The molecule has 2 heterocycles. The minimum Gasteiger partial charge on any atom is -0.367 e. The summed E-state index contributed by atoms with van der Waals surface area (Å²) in [4.78, 5) is 33.2. The zero-order chi connectivity index (χ0) is 24.6. The van der Waals surface area contributed by atoms with Crippen molar-refractivity contribution >= 4 is 23.2 Å². The lowest BCUT2D eigenvalue weighted by molar-refractivity contribution is -0.126. The minimum atomic E-state index is -0.386. The SMILES string of the molecule is CCNC(=O)C(c1ccccc1)N1CCN(c2ccc(NC(=O)Cc3ccncc3)cc2F)CC1. The zero-order valence-corrected chi connectivity index (χ0v) is 19.8. The largest absolute Gasteiger partial charge is 0.367 e. The fourth-order valence-corrected chi connectivity index (χ4v) is 4.39. The van der Waals surface area contributed by atoms with Gasteiger partial charge in [-0.3, -0.25) is 19.5 Å². The van der Waals surface area contributed by atoms with E-state index in [-0.39, 0.29) is 30.1 Å². The molecule has 2 N–H and O–H groups in total. The molecule has 2 amide bonds. The van der Waals surface area contributed by atoms with Crippen molar-refractivity contribution in [3.8, 4) is 0 Å². The zero-order valence-electron chi connectivity index (χ0n) is 19.8.